The summed E-state index contributed by atoms with van der Waals surface area (Å²) in [7, 11) is 0. The van der Waals surface area contributed by atoms with Crippen molar-refractivity contribution in [2.24, 2.45) is 0 Å². The molecule has 0 spiro atoms. The molecule has 0 aromatic carbocycles. The lowest BCUT2D eigenvalue weighted by Gasteiger charge is -2.39. The molecule has 2 atom stereocenters. The van der Waals surface area contributed by atoms with Gasteiger partial charge in [-0.3, -0.25) is 4.90 Å². The van der Waals surface area contributed by atoms with Gasteiger partial charge < -0.3 is 14.7 Å². The van der Waals surface area contributed by atoms with Crippen molar-refractivity contribution in [3.8, 4) is 0 Å². The normalized spacial score (nSPS) is 30.0. The number of hydrogen-bond donors (Lipinski definition) is 2. The number of aliphatic hydroxyl groups is 2. The van der Waals surface area contributed by atoms with Crippen LogP contribution in [0.1, 0.15) is 44.6 Å². The topological polar surface area (TPSA) is 69.7 Å². The lowest BCUT2D eigenvalue weighted by atomic mass is 9.91. The highest BCUT2D eigenvalue weighted by Gasteiger charge is 2.36. The van der Waals surface area contributed by atoms with Crippen LogP contribution in [0.15, 0.2) is 10.6 Å². The molecule has 1 fully saturated rings. The summed E-state index contributed by atoms with van der Waals surface area (Å²) >= 11 is 0. The first-order chi connectivity index (χ1) is 8.38. The fourth-order valence-electron chi connectivity index (χ4n) is 2.12. The molecule has 1 aromatic heterocycles. The van der Waals surface area contributed by atoms with Crippen LogP contribution in [0.2, 0.25) is 0 Å². The molecule has 5 heteroatoms. The highest BCUT2D eigenvalue weighted by atomic mass is 16.5. The first kappa shape index (κ1) is 13.5. The molecule has 0 unspecified atom stereocenters. The van der Waals surface area contributed by atoms with Crippen LogP contribution in [0.5, 0.6) is 0 Å². The lowest BCUT2D eigenvalue weighted by Crippen LogP contribution is -2.53. The number of likely N-dealkylation sites (tertiary alicyclic amines) is 1. The second kappa shape index (κ2) is 4.99. The van der Waals surface area contributed by atoms with E-state index >= 15 is 0 Å². The summed E-state index contributed by atoms with van der Waals surface area (Å²) in [5, 5.41) is 23.7. The maximum absolute atomic E-state index is 9.89. The molecule has 1 aromatic rings. The molecule has 102 valence electrons. The summed E-state index contributed by atoms with van der Waals surface area (Å²) in [6, 6.07) is 1.96. The highest BCUT2D eigenvalue weighted by molar-refractivity contribution is 5.09. The molecule has 1 aliphatic rings. The van der Waals surface area contributed by atoms with E-state index in [1.807, 2.05) is 6.07 Å². The van der Waals surface area contributed by atoms with Gasteiger partial charge >= 0.3 is 0 Å². The molecular weight excluding hydrogens is 232 g/mol. The van der Waals surface area contributed by atoms with Gasteiger partial charge in [-0.25, -0.2) is 0 Å². The van der Waals surface area contributed by atoms with Gasteiger partial charge in [0.1, 0.15) is 0 Å². The SMILES string of the molecule is CC(C)c1cc(CN2CC[C@@](C)(O)[C@H](O)C2)on1. The Balaban J connectivity index is 1.94. The van der Waals surface area contributed by atoms with Gasteiger partial charge in [0, 0.05) is 19.2 Å². The van der Waals surface area contributed by atoms with Crippen LogP contribution in [0.3, 0.4) is 0 Å². The Hall–Kier alpha value is -0.910. The van der Waals surface area contributed by atoms with Crippen LogP contribution in [-0.2, 0) is 6.54 Å². The number of nitrogens with zero attached hydrogens (tertiary/aromatic N) is 2. The highest BCUT2D eigenvalue weighted by Crippen LogP contribution is 2.23. The fourth-order valence-corrected chi connectivity index (χ4v) is 2.12. The van der Waals surface area contributed by atoms with Gasteiger partial charge in [0.25, 0.3) is 0 Å². The zero-order valence-corrected chi connectivity index (χ0v) is 11.3. The Kier molecular flexibility index (Phi) is 3.75. The lowest BCUT2D eigenvalue weighted by molar-refractivity contribution is -0.109. The molecule has 2 rings (SSSR count). The van der Waals surface area contributed by atoms with Gasteiger partial charge in [-0.1, -0.05) is 19.0 Å². The summed E-state index contributed by atoms with van der Waals surface area (Å²) in [6.45, 7) is 7.67. The van der Waals surface area contributed by atoms with E-state index in [-0.39, 0.29) is 0 Å². The van der Waals surface area contributed by atoms with E-state index in [1.165, 1.54) is 0 Å². The van der Waals surface area contributed by atoms with Crippen LogP contribution >= 0.6 is 0 Å². The van der Waals surface area contributed by atoms with E-state index < -0.39 is 11.7 Å². The average Bonchev–Trinajstić information content (AvgIpc) is 2.73. The Morgan fingerprint density at radius 2 is 2.33 bits per heavy atom. The van der Waals surface area contributed by atoms with Gasteiger partial charge in [-0.15, -0.1) is 0 Å². The quantitative estimate of drug-likeness (QED) is 0.845. The first-order valence-electron chi connectivity index (χ1n) is 6.47. The smallest absolute Gasteiger partial charge is 0.150 e. The molecule has 0 amide bonds. The molecular formula is C13H22N2O3. The number of aromatic nitrogens is 1. The summed E-state index contributed by atoms with van der Waals surface area (Å²) in [5.41, 5.74) is -0.0179. The van der Waals surface area contributed by atoms with Crippen molar-refractivity contribution in [3.05, 3.63) is 17.5 Å². The standard InChI is InChI=1S/C13H22N2O3/c1-9(2)11-6-10(18-14-11)7-15-5-4-13(3,17)12(16)8-15/h6,9,12,16-17H,4-5,7-8H2,1-3H3/t12-,13-/m1/s1. The van der Waals surface area contributed by atoms with E-state index in [0.717, 1.165) is 18.0 Å². The van der Waals surface area contributed by atoms with Crippen molar-refractivity contribution in [2.45, 2.75) is 51.4 Å². The van der Waals surface area contributed by atoms with Crippen molar-refractivity contribution in [1.29, 1.82) is 0 Å². The van der Waals surface area contributed by atoms with Crippen molar-refractivity contribution in [2.75, 3.05) is 13.1 Å². The molecule has 0 aliphatic carbocycles. The van der Waals surface area contributed by atoms with Crippen LogP contribution < -0.4 is 0 Å². The maximum Gasteiger partial charge on any atom is 0.150 e. The first-order valence-corrected chi connectivity index (χ1v) is 6.47. The molecule has 18 heavy (non-hydrogen) atoms. The Bertz CT molecular complexity index is 401. The zero-order valence-electron chi connectivity index (χ0n) is 11.3. The molecule has 0 bridgehead atoms. The van der Waals surface area contributed by atoms with E-state index in [4.69, 9.17) is 4.52 Å². The third-order valence-corrected chi connectivity index (χ3v) is 3.63. The fraction of sp³-hybridized carbons (Fsp3) is 0.769. The number of hydrogen-bond acceptors (Lipinski definition) is 5. The van der Waals surface area contributed by atoms with E-state index in [9.17, 15) is 10.2 Å². The van der Waals surface area contributed by atoms with Gasteiger partial charge in [-0.2, -0.15) is 0 Å². The van der Waals surface area contributed by atoms with Gasteiger partial charge in [0.2, 0.25) is 0 Å². The van der Waals surface area contributed by atoms with Crippen LogP contribution in [0.25, 0.3) is 0 Å². The van der Waals surface area contributed by atoms with E-state index in [2.05, 4.69) is 23.9 Å². The maximum atomic E-state index is 9.89. The Morgan fingerprint density at radius 3 is 2.89 bits per heavy atom. The monoisotopic (exact) mass is 254 g/mol. The van der Waals surface area contributed by atoms with Crippen LogP contribution in [0.4, 0.5) is 0 Å². The molecule has 1 saturated heterocycles. The molecule has 0 radical (unpaired) electrons. The van der Waals surface area contributed by atoms with Gasteiger partial charge in [-0.05, 0) is 19.3 Å². The minimum atomic E-state index is -0.971. The third kappa shape index (κ3) is 2.91. The minimum absolute atomic E-state index is 0.357. The third-order valence-electron chi connectivity index (χ3n) is 3.63. The summed E-state index contributed by atoms with van der Waals surface area (Å²) < 4.78 is 5.28. The predicted octanol–water partition coefficient (Wildman–Crippen LogP) is 1.12. The average molecular weight is 254 g/mol. The predicted molar refractivity (Wildman–Crippen MR) is 67.1 cm³/mol. The van der Waals surface area contributed by atoms with Crippen LogP contribution in [-0.4, -0.2) is 45.1 Å². The Labute approximate surface area is 107 Å². The van der Waals surface area contributed by atoms with Crippen LogP contribution in [0, 0.1) is 0 Å². The second-order valence-corrected chi connectivity index (χ2v) is 5.73. The van der Waals surface area contributed by atoms with E-state index in [1.54, 1.807) is 6.92 Å². The van der Waals surface area contributed by atoms with Gasteiger partial charge in [0.05, 0.1) is 23.9 Å². The van der Waals surface area contributed by atoms with Crippen molar-refractivity contribution < 1.29 is 14.7 Å². The summed E-state index contributed by atoms with van der Waals surface area (Å²) in [4.78, 5) is 2.08. The molecule has 1 aliphatic heterocycles. The van der Waals surface area contributed by atoms with Gasteiger partial charge in [0.15, 0.2) is 5.76 Å². The number of aliphatic hydroxyl groups excluding tert-OH is 1. The summed E-state index contributed by atoms with van der Waals surface area (Å²) in [6.07, 6.45) is -0.141. The molecule has 2 heterocycles. The number of rotatable bonds is 3. The van der Waals surface area contributed by atoms with Crippen molar-refractivity contribution in [3.63, 3.8) is 0 Å². The summed E-state index contributed by atoms with van der Waals surface area (Å²) in [5.74, 6) is 1.17. The number of piperidine rings is 1. The Morgan fingerprint density at radius 1 is 1.61 bits per heavy atom. The largest absolute Gasteiger partial charge is 0.389 e. The van der Waals surface area contributed by atoms with Crippen molar-refractivity contribution in [1.82, 2.24) is 10.1 Å². The second-order valence-electron chi connectivity index (χ2n) is 5.73. The molecule has 2 N–H and O–H groups in total. The zero-order chi connectivity index (χ0) is 13.3. The number of β-amino-alcohol motifs (C(OH)–C–C–N with tert-alkyl or cyclic N) is 1. The minimum Gasteiger partial charge on any atom is -0.389 e. The molecule has 0 saturated carbocycles. The van der Waals surface area contributed by atoms with E-state index in [0.29, 0.717) is 25.4 Å². The molecule has 5 nitrogen and oxygen atoms in total. The van der Waals surface area contributed by atoms with Crippen molar-refractivity contribution >= 4 is 0 Å².